The molecule has 114 valence electrons. The maximum atomic E-state index is 12.2. The highest BCUT2D eigenvalue weighted by atomic mass is 32.2. The zero-order valence-corrected chi connectivity index (χ0v) is 13.2. The number of nitrogens with one attached hydrogen (secondary N) is 1. The van der Waals surface area contributed by atoms with E-state index in [0.29, 0.717) is 0 Å². The van der Waals surface area contributed by atoms with Crippen LogP contribution < -0.4 is 10.1 Å². The third-order valence-corrected chi connectivity index (χ3v) is 5.02. The van der Waals surface area contributed by atoms with E-state index in [1.165, 1.54) is 11.8 Å². The minimum absolute atomic E-state index is 0.353. The first-order valence-corrected chi connectivity index (χ1v) is 7.86. The topological polar surface area (TPSA) is 58.6 Å². The number of rotatable bonds is 2. The summed E-state index contributed by atoms with van der Waals surface area (Å²) in [6, 6.07) is 13.3. The van der Waals surface area contributed by atoms with Gasteiger partial charge in [-0.15, -0.1) is 11.8 Å². The number of hydrogen-bond acceptors (Lipinski definition) is 4. The molecule has 1 amide bonds. The summed E-state index contributed by atoms with van der Waals surface area (Å²) in [6.45, 7) is 2.01. The summed E-state index contributed by atoms with van der Waals surface area (Å²) in [5.74, 6) is 0.369. The standard InChI is InChI=1S/C17H17NO3S/c1-10-3-8-13-14(9-10)22-16(15(19)17(20)18-13)11-4-6-12(21-2)7-5-11/h3-9,15-16,19H,1-2H3,(H,18,20). The van der Waals surface area contributed by atoms with Crippen molar-refractivity contribution in [1.82, 2.24) is 0 Å². The zero-order chi connectivity index (χ0) is 15.7. The number of carbonyl (C=O) groups is 1. The Labute approximate surface area is 133 Å². The van der Waals surface area contributed by atoms with Crippen molar-refractivity contribution in [3.8, 4) is 5.75 Å². The van der Waals surface area contributed by atoms with Crippen molar-refractivity contribution in [3.63, 3.8) is 0 Å². The van der Waals surface area contributed by atoms with Crippen molar-refractivity contribution in [2.24, 2.45) is 0 Å². The molecule has 0 aliphatic carbocycles. The molecule has 2 N–H and O–H groups in total. The van der Waals surface area contributed by atoms with Gasteiger partial charge >= 0.3 is 0 Å². The van der Waals surface area contributed by atoms with E-state index in [4.69, 9.17) is 4.74 Å². The second kappa shape index (κ2) is 6.02. The SMILES string of the molecule is COc1ccc(C2Sc3cc(C)ccc3NC(=O)C2O)cc1. The Morgan fingerprint density at radius 2 is 1.91 bits per heavy atom. The van der Waals surface area contributed by atoms with E-state index in [1.807, 2.05) is 49.4 Å². The van der Waals surface area contributed by atoms with Gasteiger partial charge in [-0.05, 0) is 42.3 Å². The fourth-order valence-electron chi connectivity index (χ4n) is 2.42. The number of aliphatic hydroxyl groups excluding tert-OH is 1. The lowest BCUT2D eigenvalue weighted by Gasteiger charge is -2.19. The highest BCUT2D eigenvalue weighted by molar-refractivity contribution is 7.99. The van der Waals surface area contributed by atoms with E-state index in [1.54, 1.807) is 7.11 Å². The minimum atomic E-state index is -1.11. The van der Waals surface area contributed by atoms with Crippen molar-refractivity contribution in [1.29, 1.82) is 0 Å². The van der Waals surface area contributed by atoms with Crippen molar-refractivity contribution < 1.29 is 14.6 Å². The summed E-state index contributed by atoms with van der Waals surface area (Å²) in [5, 5.41) is 12.8. The van der Waals surface area contributed by atoms with Crippen molar-refractivity contribution in [2.75, 3.05) is 12.4 Å². The molecule has 2 unspecified atom stereocenters. The first-order valence-electron chi connectivity index (χ1n) is 6.98. The molecule has 0 radical (unpaired) electrons. The molecular formula is C17H17NO3S. The summed E-state index contributed by atoms with van der Waals surface area (Å²) >= 11 is 1.50. The number of aliphatic hydroxyl groups is 1. The lowest BCUT2D eigenvalue weighted by atomic mass is 10.1. The van der Waals surface area contributed by atoms with Crippen LogP contribution in [0.5, 0.6) is 5.75 Å². The molecule has 22 heavy (non-hydrogen) atoms. The molecule has 0 saturated carbocycles. The van der Waals surface area contributed by atoms with Crippen LogP contribution in [0.4, 0.5) is 5.69 Å². The van der Waals surface area contributed by atoms with E-state index >= 15 is 0 Å². The van der Waals surface area contributed by atoms with Crippen molar-refractivity contribution in [3.05, 3.63) is 53.6 Å². The summed E-state index contributed by atoms with van der Waals surface area (Å²) in [4.78, 5) is 13.1. The molecule has 4 nitrogen and oxygen atoms in total. The molecule has 0 bridgehead atoms. The summed E-state index contributed by atoms with van der Waals surface area (Å²) < 4.78 is 5.15. The number of carbonyl (C=O) groups excluding carboxylic acids is 1. The van der Waals surface area contributed by atoms with Gasteiger partial charge in [0.05, 0.1) is 18.0 Å². The first kappa shape index (κ1) is 14.9. The monoisotopic (exact) mass is 315 g/mol. The Hall–Kier alpha value is -1.98. The number of amides is 1. The number of hydrogen-bond donors (Lipinski definition) is 2. The molecular weight excluding hydrogens is 298 g/mol. The molecule has 0 fully saturated rings. The number of fused-ring (bicyclic) bond motifs is 1. The van der Waals surface area contributed by atoms with Crippen LogP contribution in [-0.2, 0) is 4.79 Å². The number of benzene rings is 2. The third-order valence-electron chi connectivity index (χ3n) is 3.65. The van der Waals surface area contributed by atoms with E-state index in [9.17, 15) is 9.90 Å². The number of thioether (sulfide) groups is 1. The lowest BCUT2D eigenvalue weighted by molar-refractivity contribution is -0.124. The predicted molar refractivity (Wildman–Crippen MR) is 87.4 cm³/mol. The van der Waals surface area contributed by atoms with Gasteiger partial charge in [0, 0.05) is 4.90 Å². The van der Waals surface area contributed by atoms with Crippen molar-refractivity contribution >= 4 is 23.4 Å². The molecule has 1 aliphatic rings. The maximum absolute atomic E-state index is 12.2. The van der Waals surface area contributed by atoms with Gasteiger partial charge < -0.3 is 15.2 Å². The molecule has 3 rings (SSSR count). The third kappa shape index (κ3) is 2.82. The quantitative estimate of drug-likeness (QED) is 0.894. The lowest BCUT2D eigenvalue weighted by Crippen LogP contribution is -2.30. The van der Waals surface area contributed by atoms with Crippen LogP contribution in [0.15, 0.2) is 47.4 Å². The van der Waals surface area contributed by atoms with Gasteiger partial charge in [-0.2, -0.15) is 0 Å². The molecule has 2 aromatic carbocycles. The van der Waals surface area contributed by atoms with Crippen LogP contribution >= 0.6 is 11.8 Å². The molecule has 0 aromatic heterocycles. The second-order valence-corrected chi connectivity index (χ2v) is 6.43. The number of anilines is 1. The van der Waals surface area contributed by atoms with Crippen molar-refractivity contribution in [2.45, 2.75) is 23.2 Å². The predicted octanol–water partition coefficient (Wildman–Crippen LogP) is 3.15. The Morgan fingerprint density at radius 1 is 1.18 bits per heavy atom. The maximum Gasteiger partial charge on any atom is 0.254 e. The van der Waals surface area contributed by atoms with Crippen LogP contribution in [-0.4, -0.2) is 24.2 Å². The molecule has 0 spiro atoms. The fraction of sp³-hybridized carbons (Fsp3) is 0.235. The largest absolute Gasteiger partial charge is 0.497 e. The number of aryl methyl sites for hydroxylation is 1. The number of methoxy groups -OCH3 is 1. The molecule has 2 aromatic rings. The average Bonchev–Trinajstić information content (AvgIpc) is 2.65. The summed E-state index contributed by atoms with van der Waals surface area (Å²) in [5.41, 5.74) is 2.75. The Morgan fingerprint density at radius 3 is 2.59 bits per heavy atom. The molecule has 0 saturated heterocycles. The van der Waals surface area contributed by atoms with Gasteiger partial charge in [0.15, 0.2) is 0 Å². The normalized spacial score (nSPS) is 20.8. The van der Waals surface area contributed by atoms with Gasteiger partial charge in [0.1, 0.15) is 11.9 Å². The van der Waals surface area contributed by atoms with Crippen LogP contribution in [0, 0.1) is 6.92 Å². The van der Waals surface area contributed by atoms with Gasteiger partial charge in [-0.3, -0.25) is 4.79 Å². The van der Waals surface area contributed by atoms with Gasteiger partial charge in [0.2, 0.25) is 0 Å². The highest BCUT2D eigenvalue weighted by Gasteiger charge is 2.32. The zero-order valence-electron chi connectivity index (χ0n) is 12.4. The Balaban J connectivity index is 2.00. The van der Waals surface area contributed by atoms with E-state index in [2.05, 4.69) is 5.32 Å². The second-order valence-electron chi connectivity index (χ2n) is 5.25. The van der Waals surface area contributed by atoms with Gasteiger partial charge in [-0.25, -0.2) is 0 Å². The first-order chi connectivity index (χ1) is 10.6. The van der Waals surface area contributed by atoms with E-state index in [-0.39, 0.29) is 11.2 Å². The smallest absolute Gasteiger partial charge is 0.254 e. The van der Waals surface area contributed by atoms with Crippen LogP contribution in [0.1, 0.15) is 16.4 Å². The summed E-state index contributed by atoms with van der Waals surface area (Å²) in [7, 11) is 1.61. The average molecular weight is 315 g/mol. The molecule has 1 heterocycles. The molecule has 1 aliphatic heterocycles. The van der Waals surface area contributed by atoms with E-state index in [0.717, 1.165) is 27.5 Å². The van der Waals surface area contributed by atoms with Crippen LogP contribution in [0.2, 0.25) is 0 Å². The van der Waals surface area contributed by atoms with E-state index < -0.39 is 6.10 Å². The fourth-order valence-corrected chi connectivity index (χ4v) is 3.74. The Kier molecular flexibility index (Phi) is 4.09. The van der Waals surface area contributed by atoms with Crippen LogP contribution in [0.3, 0.4) is 0 Å². The highest BCUT2D eigenvalue weighted by Crippen LogP contribution is 2.44. The summed E-state index contributed by atoms with van der Waals surface area (Å²) in [6.07, 6.45) is -1.11. The molecule has 2 atom stereocenters. The van der Waals surface area contributed by atoms with Gasteiger partial charge in [-0.1, -0.05) is 18.2 Å². The minimum Gasteiger partial charge on any atom is -0.497 e. The number of ether oxygens (including phenoxy) is 1. The Bertz CT molecular complexity index is 700. The van der Waals surface area contributed by atoms with Crippen LogP contribution in [0.25, 0.3) is 0 Å². The molecule has 5 heteroatoms. The van der Waals surface area contributed by atoms with Gasteiger partial charge in [0.25, 0.3) is 5.91 Å².